The Labute approximate surface area is 98.7 Å². The van der Waals surface area contributed by atoms with Crippen molar-refractivity contribution in [3.05, 3.63) is 0 Å². The van der Waals surface area contributed by atoms with Gasteiger partial charge in [0.05, 0.1) is 6.54 Å². The molecule has 0 amide bonds. The van der Waals surface area contributed by atoms with Gasteiger partial charge in [0.25, 0.3) is 0 Å². The lowest BCUT2D eigenvalue weighted by molar-refractivity contribution is 0.186. The van der Waals surface area contributed by atoms with Crippen molar-refractivity contribution < 1.29 is 0 Å². The SMILES string of the molecule is CC1CCCN(CCNC2=NCCN2C)C1. The summed E-state index contributed by atoms with van der Waals surface area (Å²) in [7, 11) is 2.10. The maximum Gasteiger partial charge on any atom is 0.193 e. The molecular weight excluding hydrogens is 200 g/mol. The zero-order valence-corrected chi connectivity index (χ0v) is 10.6. The Morgan fingerprint density at radius 1 is 1.44 bits per heavy atom. The standard InChI is InChI=1S/C12H24N4/c1-11-4-3-7-16(10-11)9-6-14-12-13-5-8-15(12)2/h11H,3-10H2,1-2H3,(H,13,14). The summed E-state index contributed by atoms with van der Waals surface area (Å²) in [6, 6.07) is 0. The molecule has 1 unspecified atom stereocenters. The number of likely N-dealkylation sites (N-methyl/N-ethyl adjacent to an activating group) is 1. The van der Waals surface area contributed by atoms with Crippen molar-refractivity contribution in [1.82, 2.24) is 15.1 Å². The molecular formula is C12H24N4. The molecule has 0 aliphatic carbocycles. The third kappa shape index (κ3) is 3.11. The van der Waals surface area contributed by atoms with Gasteiger partial charge in [-0.25, -0.2) is 0 Å². The second kappa shape index (κ2) is 5.53. The number of aliphatic imine (C=N–C) groups is 1. The Morgan fingerprint density at radius 2 is 2.31 bits per heavy atom. The van der Waals surface area contributed by atoms with E-state index in [1.807, 2.05) is 0 Å². The van der Waals surface area contributed by atoms with Crippen LogP contribution in [0.3, 0.4) is 0 Å². The van der Waals surface area contributed by atoms with Crippen molar-refractivity contribution in [3.8, 4) is 0 Å². The van der Waals surface area contributed by atoms with E-state index in [2.05, 4.69) is 34.1 Å². The maximum absolute atomic E-state index is 4.43. The van der Waals surface area contributed by atoms with Gasteiger partial charge in [-0.15, -0.1) is 0 Å². The largest absolute Gasteiger partial charge is 0.355 e. The van der Waals surface area contributed by atoms with Crippen LogP contribution >= 0.6 is 0 Å². The molecule has 1 N–H and O–H groups in total. The van der Waals surface area contributed by atoms with Crippen molar-refractivity contribution in [1.29, 1.82) is 0 Å². The van der Waals surface area contributed by atoms with Crippen molar-refractivity contribution in [2.45, 2.75) is 19.8 Å². The second-order valence-corrected chi connectivity index (χ2v) is 5.10. The molecule has 2 aliphatic rings. The van der Waals surface area contributed by atoms with Gasteiger partial charge in [0.2, 0.25) is 0 Å². The minimum atomic E-state index is 0.875. The molecule has 2 aliphatic heterocycles. The minimum Gasteiger partial charge on any atom is -0.355 e. The van der Waals surface area contributed by atoms with Gasteiger partial charge < -0.3 is 15.1 Å². The average Bonchev–Trinajstić information content (AvgIpc) is 2.65. The normalized spacial score (nSPS) is 27.0. The molecule has 0 aromatic rings. The molecule has 0 bridgehead atoms. The topological polar surface area (TPSA) is 30.9 Å². The van der Waals surface area contributed by atoms with Gasteiger partial charge in [-0.05, 0) is 25.3 Å². The fourth-order valence-electron chi connectivity index (χ4n) is 2.54. The van der Waals surface area contributed by atoms with Gasteiger partial charge in [-0.1, -0.05) is 6.92 Å². The van der Waals surface area contributed by atoms with Gasteiger partial charge in [0.15, 0.2) is 5.96 Å². The van der Waals surface area contributed by atoms with Gasteiger partial charge in [-0.2, -0.15) is 0 Å². The quantitative estimate of drug-likeness (QED) is 0.762. The summed E-state index contributed by atoms with van der Waals surface area (Å²) < 4.78 is 0. The zero-order chi connectivity index (χ0) is 11.4. The highest BCUT2D eigenvalue weighted by Crippen LogP contribution is 2.14. The molecule has 0 radical (unpaired) electrons. The molecule has 4 heteroatoms. The van der Waals surface area contributed by atoms with E-state index in [4.69, 9.17) is 0 Å². The van der Waals surface area contributed by atoms with E-state index in [0.717, 1.165) is 38.1 Å². The number of likely N-dealkylation sites (tertiary alicyclic amines) is 1. The first-order chi connectivity index (χ1) is 7.75. The third-order valence-corrected chi connectivity index (χ3v) is 3.51. The zero-order valence-electron chi connectivity index (χ0n) is 10.6. The van der Waals surface area contributed by atoms with E-state index >= 15 is 0 Å². The molecule has 92 valence electrons. The van der Waals surface area contributed by atoms with E-state index in [1.54, 1.807) is 0 Å². The Hall–Kier alpha value is -0.770. The highest BCUT2D eigenvalue weighted by molar-refractivity contribution is 5.81. The van der Waals surface area contributed by atoms with Crippen LogP contribution in [0, 0.1) is 5.92 Å². The summed E-state index contributed by atoms with van der Waals surface area (Å²) in [6.07, 6.45) is 2.77. The number of guanidine groups is 1. The first-order valence-electron chi connectivity index (χ1n) is 6.47. The number of nitrogens with zero attached hydrogens (tertiary/aromatic N) is 3. The van der Waals surface area contributed by atoms with E-state index < -0.39 is 0 Å². The van der Waals surface area contributed by atoms with Crippen LogP contribution in [0.15, 0.2) is 4.99 Å². The van der Waals surface area contributed by atoms with Gasteiger partial charge in [0, 0.05) is 33.2 Å². The lowest BCUT2D eigenvalue weighted by atomic mass is 10.0. The number of rotatable bonds is 3. The summed E-state index contributed by atoms with van der Waals surface area (Å²) in [5, 5.41) is 3.43. The fourth-order valence-corrected chi connectivity index (χ4v) is 2.54. The molecule has 2 heterocycles. The van der Waals surface area contributed by atoms with Gasteiger partial charge in [0.1, 0.15) is 0 Å². The second-order valence-electron chi connectivity index (χ2n) is 5.10. The first kappa shape index (κ1) is 11.7. The molecule has 0 aromatic carbocycles. The molecule has 0 aromatic heterocycles. The summed E-state index contributed by atoms with van der Waals surface area (Å²) in [5.74, 6) is 1.95. The first-order valence-corrected chi connectivity index (χ1v) is 6.47. The minimum absolute atomic E-state index is 0.875. The molecule has 16 heavy (non-hydrogen) atoms. The van der Waals surface area contributed by atoms with E-state index in [1.165, 1.54) is 25.9 Å². The van der Waals surface area contributed by atoms with Gasteiger partial charge >= 0.3 is 0 Å². The highest BCUT2D eigenvalue weighted by Gasteiger charge is 2.16. The highest BCUT2D eigenvalue weighted by atomic mass is 15.3. The molecule has 1 atom stereocenters. The van der Waals surface area contributed by atoms with Crippen LogP contribution in [0.25, 0.3) is 0 Å². The molecule has 2 rings (SSSR count). The van der Waals surface area contributed by atoms with Gasteiger partial charge in [-0.3, -0.25) is 4.99 Å². The predicted molar refractivity (Wildman–Crippen MR) is 67.8 cm³/mol. The van der Waals surface area contributed by atoms with Crippen LogP contribution in [-0.4, -0.2) is 62.1 Å². The van der Waals surface area contributed by atoms with E-state index in [9.17, 15) is 0 Å². The Balaban J connectivity index is 1.64. The predicted octanol–water partition coefficient (Wildman–Crippen LogP) is 0.609. The molecule has 0 saturated carbocycles. The lowest BCUT2D eigenvalue weighted by Gasteiger charge is -2.31. The van der Waals surface area contributed by atoms with E-state index in [-0.39, 0.29) is 0 Å². The van der Waals surface area contributed by atoms with Crippen LogP contribution in [0.2, 0.25) is 0 Å². The Bertz CT molecular complexity index is 251. The van der Waals surface area contributed by atoms with Crippen LogP contribution in [0.4, 0.5) is 0 Å². The van der Waals surface area contributed by atoms with Crippen molar-refractivity contribution in [2.75, 3.05) is 46.3 Å². The summed E-state index contributed by atoms with van der Waals surface area (Å²) in [6.45, 7) is 9.07. The van der Waals surface area contributed by atoms with Crippen molar-refractivity contribution in [2.24, 2.45) is 10.9 Å². The van der Waals surface area contributed by atoms with Crippen molar-refractivity contribution >= 4 is 5.96 Å². The van der Waals surface area contributed by atoms with Crippen molar-refractivity contribution in [3.63, 3.8) is 0 Å². The molecule has 0 spiro atoms. The van der Waals surface area contributed by atoms with Crippen LogP contribution in [-0.2, 0) is 0 Å². The summed E-state index contributed by atoms with van der Waals surface area (Å²) in [5.41, 5.74) is 0. The summed E-state index contributed by atoms with van der Waals surface area (Å²) in [4.78, 5) is 9.19. The lowest BCUT2D eigenvalue weighted by Crippen LogP contribution is -2.42. The maximum atomic E-state index is 4.43. The third-order valence-electron chi connectivity index (χ3n) is 3.51. The average molecular weight is 224 g/mol. The van der Waals surface area contributed by atoms with Crippen LogP contribution in [0.5, 0.6) is 0 Å². The number of nitrogens with one attached hydrogen (secondary N) is 1. The number of piperidine rings is 1. The smallest absolute Gasteiger partial charge is 0.193 e. The monoisotopic (exact) mass is 224 g/mol. The van der Waals surface area contributed by atoms with Crippen LogP contribution < -0.4 is 5.32 Å². The fraction of sp³-hybridized carbons (Fsp3) is 0.917. The molecule has 1 saturated heterocycles. The Morgan fingerprint density at radius 3 is 3.00 bits per heavy atom. The summed E-state index contributed by atoms with van der Waals surface area (Å²) >= 11 is 0. The van der Waals surface area contributed by atoms with E-state index in [0.29, 0.717) is 0 Å². The Kier molecular flexibility index (Phi) is 4.04. The molecule has 1 fully saturated rings. The number of hydrogen-bond acceptors (Lipinski definition) is 4. The number of hydrogen-bond donors (Lipinski definition) is 1. The van der Waals surface area contributed by atoms with Crippen LogP contribution in [0.1, 0.15) is 19.8 Å². The molecule has 4 nitrogen and oxygen atoms in total.